The summed E-state index contributed by atoms with van der Waals surface area (Å²) in [5.41, 5.74) is -0.121. The van der Waals surface area contributed by atoms with Crippen molar-refractivity contribution in [3.05, 3.63) is 18.0 Å². The van der Waals surface area contributed by atoms with Crippen LogP contribution in [0.25, 0.3) is 0 Å². The first kappa shape index (κ1) is 7.46. The first-order valence-electron chi connectivity index (χ1n) is 2.84. The highest BCUT2D eigenvalue weighted by atomic mass is 16.5. The number of carbonyl (C=O) groups is 1. The molecule has 0 aliphatic heterocycles. The maximum atomic E-state index is 10.3. The molecule has 0 unspecified atom stereocenters. The number of hydrogen-bond donors (Lipinski definition) is 1. The monoisotopic (exact) mass is 154 g/mol. The fourth-order valence-electron chi connectivity index (χ4n) is 0.565. The zero-order chi connectivity index (χ0) is 8.27. The smallest absolute Gasteiger partial charge is 0.356 e. The standard InChI is InChI=1S/C6H6N2O3/c1-11-4-2-5(6(9)10)8-7-3-4/h2-3H,1H3,(H,9,10). The molecule has 1 N–H and O–H groups in total. The molecule has 0 aliphatic rings. The van der Waals surface area contributed by atoms with Crippen LogP contribution in [0.15, 0.2) is 12.3 Å². The predicted molar refractivity (Wildman–Crippen MR) is 35.5 cm³/mol. The Hall–Kier alpha value is -1.65. The van der Waals surface area contributed by atoms with Gasteiger partial charge in [0.25, 0.3) is 0 Å². The fraction of sp³-hybridized carbons (Fsp3) is 0.167. The van der Waals surface area contributed by atoms with Gasteiger partial charge >= 0.3 is 5.97 Å². The maximum absolute atomic E-state index is 10.3. The molecule has 5 heteroatoms. The molecular weight excluding hydrogens is 148 g/mol. The lowest BCUT2D eigenvalue weighted by atomic mass is 10.4. The first-order valence-corrected chi connectivity index (χ1v) is 2.84. The molecule has 1 aromatic rings. The summed E-state index contributed by atoms with van der Waals surface area (Å²) >= 11 is 0. The molecule has 1 rings (SSSR count). The van der Waals surface area contributed by atoms with Gasteiger partial charge in [-0.05, 0) is 0 Å². The second-order valence-corrected chi connectivity index (χ2v) is 1.79. The van der Waals surface area contributed by atoms with E-state index in [4.69, 9.17) is 9.84 Å². The Morgan fingerprint density at radius 3 is 3.00 bits per heavy atom. The molecular formula is C6H6N2O3. The number of nitrogens with zero attached hydrogens (tertiary/aromatic N) is 2. The van der Waals surface area contributed by atoms with Crippen LogP contribution in [-0.2, 0) is 0 Å². The average Bonchev–Trinajstić information content (AvgIpc) is 2.05. The third kappa shape index (κ3) is 1.64. The van der Waals surface area contributed by atoms with E-state index in [0.29, 0.717) is 5.75 Å². The third-order valence-electron chi connectivity index (χ3n) is 1.08. The van der Waals surface area contributed by atoms with E-state index in [1.54, 1.807) is 0 Å². The van der Waals surface area contributed by atoms with Gasteiger partial charge in [-0.1, -0.05) is 0 Å². The van der Waals surface area contributed by atoms with Crippen molar-refractivity contribution in [1.29, 1.82) is 0 Å². The molecule has 0 aliphatic carbocycles. The minimum atomic E-state index is -1.11. The van der Waals surface area contributed by atoms with Crippen LogP contribution < -0.4 is 4.74 Å². The summed E-state index contributed by atoms with van der Waals surface area (Å²) in [6, 6.07) is 1.30. The van der Waals surface area contributed by atoms with Crippen molar-refractivity contribution in [1.82, 2.24) is 10.2 Å². The SMILES string of the molecule is COc1cnnc(C(=O)O)c1. The lowest BCUT2D eigenvalue weighted by Gasteiger charge is -1.96. The summed E-state index contributed by atoms with van der Waals surface area (Å²) in [6.07, 6.45) is 1.34. The van der Waals surface area contributed by atoms with Crippen molar-refractivity contribution in [2.75, 3.05) is 7.11 Å². The van der Waals surface area contributed by atoms with E-state index in [0.717, 1.165) is 0 Å². The van der Waals surface area contributed by atoms with Gasteiger partial charge in [0.1, 0.15) is 5.75 Å². The van der Waals surface area contributed by atoms with Crippen LogP contribution in [0.4, 0.5) is 0 Å². The molecule has 0 saturated carbocycles. The molecule has 1 heterocycles. The Morgan fingerprint density at radius 2 is 2.45 bits per heavy atom. The summed E-state index contributed by atoms with van der Waals surface area (Å²) in [7, 11) is 1.43. The van der Waals surface area contributed by atoms with E-state index in [1.165, 1.54) is 19.4 Å². The van der Waals surface area contributed by atoms with Crippen molar-refractivity contribution in [2.45, 2.75) is 0 Å². The Morgan fingerprint density at radius 1 is 1.73 bits per heavy atom. The Kier molecular flexibility index (Phi) is 2.00. The first-order chi connectivity index (χ1) is 5.24. The maximum Gasteiger partial charge on any atom is 0.356 e. The van der Waals surface area contributed by atoms with Crippen LogP contribution in [0.3, 0.4) is 0 Å². The Labute approximate surface area is 62.6 Å². The highest BCUT2D eigenvalue weighted by Gasteiger charge is 2.05. The van der Waals surface area contributed by atoms with Crippen LogP contribution in [-0.4, -0.2) is 28.4 Å². The highest BCUT2D eigenvalue weighted by molar-refractivity contribution is 5.85. The lowest BCUT2D eigenvalue weighted by Crippen LogP contribution is -2.01. The van der Waals surface area contributed by atoms with Gasteiger partial charge in [-0.2, -0.15) is 5.10 Å². The predicted octanol–water partition coefficient (Wildman–Crippen LogP) is 0.183. The minimum Gasteiger partial charge on any atom is -0.495 e. The number of methoxy groups -OCH3 is 1. The van der Waals surface area contributed by atoms with Crippen molar-refractivity contribution in [3.63, 3.8) is 0 Å². The molecule has 11 heavy (non-hydrogen) atoms. The van der Waals surface area contributed by atoms with Crippen LogP contribution >= 0.6 is 0 Å². The number of hydrogen-bond acceptors (Lipinski definition) is 4. The fourth-order valence-corrected chi connectivity index (χ4v) is 0.565. The molecule has 0 fully saturated rings. The van der Waals surface area contributed by atoms with Gasteiger partial charge in [0.15, 0.2) is 5.69 Å². The van der Waals surface area contributed by atoms with Gasteiger partial charge < -0.3 is 9.84 Å². The minimum absolute atomic E-state index is 0.121. The third-order valence-corrected chi connectivity index (χ3v) is 1.08. The number of carboxylic acids is 1. The molecule has 0 spiro atoms. The molecule has 0 radical (unpaired) electrons. The van der Waals surface area contributed by atoms with Gasteiger partial charge in [-0.3, -0.25) is 0 Å². The van der Waals surface area contributed by atoms with E-state index in [9.17, 15) is 4.79 Å². The van der Waals surface area contributed by atoms with Gasteiger partial charge in [0, 0.05) is 6.07 Å². The van der Waals surface area contributed by atoms with E-state index in [1.807, 2.05) is 0 Å². The van der Waals surface area contributed by atoms with E-state index in [-0.39, 0.29) is 5.69 Å². The zero-order valence-corrected chi connectivity index (χ0v) is 5.81. The average molecular weight is 154 g/mol. The quantitative estimate of drug-likeness (QED) is 0.657. The largest absolute Gasteiger partial charge is 0.495 e. The summed E-state index contributed by atoms with van der Waals surface area (Å²) in [5.74, 6) is -0.728. The number of rotatable bonds is 2. The number of ether oxygens (including phenoxy) is 1. The van der Waals surface area contributed by atoms with Gasteiger partial charge in [0.2, 0.25) is 0 Å². The van der Waals surface area contributed by atoms with Crippen LogP contribution in [0.5, 0.6) is 5.75 Å². The lowest BCUT2D eigenvalue weighted by molar-refractivity contribution is 0.0688. The van der Waals surface area contributed by atoms with Gasteiger partial charge in [-0.15, -0.1) is 5.10 Å². The number of aromatic nitrogens is 2. The van der Waals surface area contributed by atoms with Crippen molar-refractivity contribution >= 4 is 5.97 Å². The van der Waals surface area contributed by atoms with E-state index >= 15 is 0 Å². The summed E-state index contributed by atoms with van der Waals surface area (Å²) in [4.78, 5) is 10.3. The second-order valence-electron chi connectivity index (χ2n) is 1.79. The molecule has 5 nitrogen and oxygen atoms in total. The second kappa shape index (κ2) is 2.96. The van der Waals surface area contributed by atoms with Crippen molar-refractivity contribution in [2.24, 2.45) is 0 Å². The highest BCUT2D eigenvalue weighted by Crippen LogP contribution is 2.07. The Bertz CT molecular complexity index is 274. The molecule has 0 saturated heterocycles. The Balaban J connectivity index is 3.01. The summed E-state index contributed by atoms with van der Waals surface area (Å²) in [5, 5.41) is 15.2. The normalized spacial score (nSPS) is 9.18. The topological polar surface area (TPSA) is 72.3 Å². The van der Waals surface area contributed by atoms with Crippen LogP contribution in [0.2, 0.25) is 0 Å². The van der Waals surface area contributed by atoms with Crippen molar-refractivity contribution < 1.29 is 14.6 Å². The van der Waals surface area contributed by atoms with Crippen LogP contribution in [0.1, 0.15) is 10.5 Å². The molecule has 0 atom stereocenters. The molecule has 0 amide bonds. The summed E-state index contributed by atoms with van der Waals surface area (Å²) < 4.78 is 4.74. The molecule has 0 bridgehead atoms. The molecule has 0 aromatic carbocycles. The van der Waals surface area contributed by atoms with Gasteiger partial charge in [-0.25, -0.2) is 4.79 Å². The molecule has 1 aromatic heterocycles. The number of aromatic carboxylic acids is 1. The van der Waals surface area contributed by atoms with E-state index in [2.05, 4.69) is 10.2 Å². The number of carboxylic acid groups (broad SMARTS) is 1. The molecule has 58 valence electrons. The van der Waals surface area contributed by atoms with Crippen LogP contribution in [0, 0.1) is 0 Å². The van der Waals surface area contributed by atoms with Gasteiger partial charge in [0.05, 0.1) is 13.3 Å². The van der Waals surface area contributed by atoms with E-state index < -0.39 is 5.97 Å². The van der Waals surface area contributed by atoms with Crippen molar-refractivity contribution in [3.8, 4) is 5.75 Å². The summed E-state index contributed by atoms with van der Waals surface area (Å²) in [6.45, 7) is 0. The zero-order valence-electron chi connectivity index (χ0n) is 5.81.